The Balaban J connectivity index is 2.56. The first-order valence-corrected chi connectivity index (χ1v) is 6.85. The van der Waals surface area contributed by atoms with Gasteiger partial charge in [-0.2, -0.15) is 10.4 Å². The van der Waals surface area contributed by atoms with Crippen molar-refractivity contribution in [2.24, 2.45) is 0 Å². The molecular formula is C8H9ClN4O3S. The molecule has 7 nitrogen and oxygen atoms in total. The molecule has 0 aliphatic carbocycles. The van der Waals surface area contributed by atoms with Crippen molar-refractivity contribution in [1.82, 2.24) is 15.1 Å². The average molecular weight is 277 g/mol. The van der Waals surface area contributed by atoms with Gasteiger partial charge in [-0.05, 0) is 0 Å². The Kier molecular flexibility index (Phi) is 4.48. The van der Waals surface area contributed by atoms with Crippen LogP contribution in [0.2, 0.25) is 0 Å². The Hall–Kier alpha value is -1.59. The molecule has 1 aromatic rings. The van der Waals surface area contributed by atoms with Crippen LogP contribution in [0.1, 0.15) is 6.42 Å². The predicted molar refractivity (Wildman–Crippen MR) is 58.5 cm³/mol. The number of rotatable bonds is 5. The van der Waals surface area contributed by atoms with Crippen LogP contribution >= 0.6 is 10.7 Å². The van der Waals surface area contributed by atoms with Crippen molar-refractivity contribution in [3.8, 4) is 6.07 Å². The number of nitrogens with one attached hydrogen (secondary N) is 1. The van der Waals surface area contributed by atoms with Crippen LogP contribution in [-0.4, -0.2) is 30.7 Å². The van der Waals surface area contributed by atoms with Crippen LogP contribution in [0.5, 0.6) is 0 Å². The van der Waals surface area contributed by atoms with Crippen molar-refractivity contribution in [3.05, 3.63) is 12.4 Å². The van der Waals surface area contributed by atoms with Gasteiger partial charge in [0.15, 0.2) is 0 Å². The van der Waals surface area contributed by atoms with Gasteiger partial charge in [0.05, 0.1) is 18.7 Å². The molecule has 0 saturated heterocycles. The molecule has 0 saturated carbocycles. The fourth-order valence-electron chi connectivity index (χ4n) is 1.02. The number of carbonyl (C=O) groups excluding carboxylic acids is 1. The van der Waals surface area contributed by atoms with E-state index in [0.29, 0.717) is 0 Å². The third-order valence-electron chi connectivity index (χ3n) is 1.76. The fourth-order valence-corrected chi connectivity index (χ4v) is 1.68. The van der Waals surface area contributed by atoms with Crippen molar-refractivity contribution < 1.29 is 13.2 Å². The Morgan fingerprint density at radius 1 is 1.65 bits per heavy atom. The van der Waals surface area contributed by atoms with Crippen LogP contribution in [0.3, 0.4) is 0 Å². The third-order valence-corrected chi connectivity index (χ3v) is 3.06. The van der Waals surface area contributed by atoms with E-state index in [0.717, 1.165) is 17.1 Å². The van der Waals surface area contributed by atoms with E-state index in [1.165, 1.54) is 0 Å². The summed E-state index contributed by atoms with van der Waals surface area (Å²) in [5.74, 6) is -0.359. The Morgan fingerprint density at radius 2 is 2.35 bits per heavy atom. The average Bonchev–Trinajstić information content (AvgIpc) is 2.66. The zero-order valence-corrected chi connectivity index (χ0v) is 10.2. The molecule has 0 aliphatic heterocycles. The van der Waals surface area contributed by atoms with Gasteiger partial charge < -0.3 is 5.32 Å². The number of hydrogen-bond acceptors (Lipinski definition) is 5. The summed E-state index contributed by atoms with van der Waals surface area (Å²) in [6, 6.07) is 1.88. The van der Waals surface area contributed by atoms with E-state index in [2.05, 4.69) is 10.4 Å². The van der Waals surface area contributed by atoms with E-state index in [1.54, 1.807) is 0 Å². The maximum atomic E-state index is 11.3. The Bertz CT molecular complexity index is 545. The van der Waals surface area contributed by atoms with Gasteiger partial charge in [-0.3, -0.25) is 9.48 Å². The number of nitriles is 1. The molecule has 92 valence electrons. The molecular weight excluding hydrogens is 268 g/mol. The predicted octanol–water partition coefficient (Wildman–Crippen LogP) is -0.160. The topological polar surface area (TPSA) is 105 Å². The van der Waals surface area contributed by atoms with E-state index >= 15 is 0 Å². The van der Waals surface area contributed by atoms with Gasteiger partial charge in [-0.15, -0.1) is 0 Å². The lowest BCUT2D eigenvalue weighted by Gasteiger charge is -2.02. The molecule has 0 unspecified atom stereocenters. The van der Waals surface area contributed by atoms with E-state index in [4.69, 9.17) is 15.9 Å². The molecule has 1 N–H and O–H groups in total. The minimum atomic E-state index is -3.82. The molecule has 1 rings (SSSR count). The largest absolute Gasteiger partial charge is 0.353 e. The lowest BCUT2D eigenvalue weighted by Crippen LogP contribution is -2.28. The van der Waals surface area contributed by atoms with Crippen molar-refractivity contribution in [1.29, 1.82) is 5.26 Å². The molecule has 9 heteroatoms. The van der Waals surface area contributed by atoms with Crippen LogP contribution in [0, 0.1) is 11.3 Å². The highest BCUT2D eigenvalue weighted by Crippen LogP contribution is 2.12. The maximum Gasteiger partial charge on any atom is 0.264 e. The van der Waals surface area contributed by atoms with Crippen molar-refractivity contribution in [2.75, 3.05) is 6.54 Å². The van der Waals surface area contributed by atoms with Crippen molar-refractivity contribution in [2.45, 2.75) is 17.9 Å². The van der Waals surface area contributed by atoms with Gasteiger partial charge in [0.1, 0.15) is 11.4 Å². The lowest BCUT2D eigenvalue weighted by molar-refractivity contribution is -0.121. The van der Waals surface area contributed by atoms with Crippen LogP contribution < -0.4 is 5.32 Å². The number of halogens is 1. The molecule has 0 fully saturated rings. The zero-order valence-electron chi connectivity index (χ0n) is 8.63. The number of carbonyl (C=O) groups is 1. The van der Waals surface area contributed by atoms with E-state index in [9.17, 15) is 13.2 Å². The maximum absolute atomic E-state index is 11.3. The highest BCUT2D eigenvalue weighted by atomic mass is 35.7. The molecule has 1 aromatic heterocycles. The Morgan fingerprint density at radius 3 is 2.88 bits per heavy atom. The lowest BCUT2D eigenvalue weighted by atomic mass is 10.4. The van der Waals surface area contributed by atoms with Crippen LogP contribution in [0.25, 0.3) is 0 Å². The molecule has 0 bridgehead atoms. The normalized spacial score (nSPS) is 10.8. The smallest absolute Gasteiger partial charge is 0.264 e. The SMILES string of the molecule is N#CCCNC(=O)Cn1cc(S(=O)(=O)Cl)cn1. The number of hydrogen-bond donors (Lipinski definition) is 1. The van der Waals surface area contributed by atoms with Gasteiger partial charge in [-0.25, -0.2) is 8.42 Å². The number of nitrogens with zero attached hydrogens (tertiary/aromatic N) is 3. The third kappa shape index (κ3) is 4.42. The summed E-state index contributed by atoms with van der Waals surface area (Å²) in [5, 5.41) is 14.4. The summed E-state index contributed by atoms with van der Waals surface area (Å²) >= 11 is 0. The summed E-state index contributed by atoms with van der Waals surface area (Å²) in [6.45, 7) is 0.120. The van der Waals surface area contributed by atoms with E-state index in [-0.39, 0.29) is 30.3 Å². The molecule has 1 heterocycles. The summed E-state index contributed by atoms with van der Waals surface area (Å²) in [6.07, 6.45) is 2.43. The summed E-state index contributed by atoms with van der Waals surface area (Å²) in [4.78, 5) is 11.1. The fraction of sp³-hybridized carbons (Fsp3) is 0.375. The number of aromatic nitrogens is 2. The van der Waals surface area contributed by atoms with Crippen molar-refractivity contribution in [3.63, 3.8) is 0 Å². The van der Waals surface area contributed by atoms with Gasteiger partial charge in [0, 0.05) is 23.4 Å². The summed E-state index contributed by atoms with van der Waals surface area (Å²) in [7, 11) is 1.27. The van der Waals surface area contributed by atoms with Crippen molar-refractivity contribution >= 4 is 25.6 Å². The zero-order chi connectivity index (χ0) is 12.9. The minimum Gasteiger partial charge on any atom is -0.353 e. The van der Waals surface area contributed by atoms with E-state index < -0.39 is 9.05 Å². The molecule has 17 heavy (non-hydrogen) atoms. The van der Waals surface area contributed by atoms with Gasteiger partial charge >= 0.3 is 0 Å². The monoisotopic (exact) mass is 276 g/mol. The highest BCUT2D eigenvalue weighted by Gasteiger charge is 2.13. The molecule has 0 aromatic carbocycles. The second kappa shape index (κ2) is 5.65. The summed E-state index contributed by atoms with van der Waals surface area (Å²) in [5.41, 5.74) is 0. The minimum absolute atomic E-state index is 0.127. The van der Waals surface area contributed by atoms with Gasteiger partial charge in [0.2, 0.25) is 5.91 Å². The molecule has 0 aliphatic rings. The van der Waals surface area contributed by atoms with Gasteiger partial charge in [-0.1, -0.05) is 0 Å². The standard InChI is InChI=1S/C8H9ClN4O3S/c9-17(15,16)7-4-12-13(5-7)6-8(14)11-3-1-2-10/h4-5H,1,3,6H2,(H,11,14). The van der Waals surface area contributed by atoms with E-state index in [1.807, 2.05) is 6.07 Å². The quantitative estimate of drug-likeness (QED) is 0.594. The van der Waals surface area contributed by atoms with Crippen LogP contribution in [-0.2, 0) is 20.4 Å². The Labute approximate surface area is 102 Å². The molecule has 0 spiro atoms. The molecule has 0 radical (unpaired) electrons. The molecule has 0 atom stereocenters. The second-order valence-electron chi connectivity index (χ2n) is 3.07. The van der Waals surface area contributed by atoms with Crippen LogP contribution in [0.15, 0.2) is 17.3 Å². The first-order valence-electron chi connectivity index (χ1n) is 4.54. The first kappa shape index (κ1) is 13.5. The number of amides is 1. The second-order valence-corrected chi connectivity index (χ2v) is 5.64. The van der Waals surface area contributed by atoms with Gasteiger partial charge in [0.25, 0.3) is 9.05 Å². The highest BCUT2D eigenvalue weighted by molar-refractivity contribution is 8.13. The molecule has 1 amide bonds. The van der Waals surface area contributed by atoms with Crippen LogP contribution in [0.4, 0.5) is 0 Å². The summed E-state index contributed by atoms with van der Waals surface area (Å²) < 4.78 is 23.0. The first-order chi connectivity index (χ1) is 7.93.